The number of carbonyl (C=O) groups excluding carboxylic acids is 1. The highest BCUT2D eigenvalue weighted by Gasteiger charge is 2.33. The van der Waals surface area contributed by atoms with E-state index in [1.807, 2.05) is 0 Å². The number of hydrogen-bond donors (Lipinski definition) is 0. The molecule has 2 aromatic rings. The molecule has 0 N–H and O–H groups in total. The Morgan fingerprint density at radius 1 is 0.593 bits per heavy atom. The Hall–Kier alpha value is -2.59. The van der Waals surface area contributed by atoms with Crippen molar-refractivity contribution >= 4 is 5.78 Å². The van der Waals surface area contributed by atoms with E-state index in [9.17, 15) is 48.7 Å². The fraction of sp³-hybridized carbons (Fsp3) is 0.188. The molecule has 2 rings (SSSR count). The average molecular weight is 404 g/mol. The molecule has 0 amide bonds. The van der Waals surface area contributed by atoms with Crippen LogP contribution in [0, 0.1) is 64.1 Å². The molecular weight excluding hydrogens is 398 g/mol. The van der Waals surface area contributed by atoms with E-state index >= 15 is 0 Å². The minimum atomic E-state index is -2.53. The molecule has 0 radical (unpaired) electrons. The van der Waals surface area contributed by atoms with Crippen molar-refractivity contribution < 1.29 is 48.7 Å². The summed E-state index contributed by atoms with van der Waals surface area (Å²) in [5.74, 6) is -27.7. The van der Waals surface area contributed by atoms with Gasteiger partial charge in [0.15, 0.2) is 52.3 Å². The van der Waals surface area contributed by atoms with Crippen LogP contribution in [-0.4, -0.2) is 5.78 Å². The SMILES string of the molecule is CC(Cc1c(F)c(F)c(F)c(F)c1F)C(=O)c1c(F)c(F)c(F)c(F)c1F. The van der Waals surface area contributed by atoms with Crippen LogP contribution in [0.25, 0.3) is 0 Å². The smallest absolute Gasteiger partial charge is 0.200 e. The van der Waals surface area contributed by atoms with Gasteiger partial charge in [0.05, 0.1) is 5.56 Å². The summed E-state index contributed by atoms with van der Waals surface area (Å²) in [5.41, 5.74) is -3.36. The predicted octanol–water partition coefficient (Wildman–Crippen LogP) is 5.14. The normalized spacial score (nSPS) is 12.4. The molecule has 0 saturated heterocycles. The van der Waals surface area contributed by atoms with Gasteiger partial charge in [-0.2, -0.15) is 0 Å². The molecule has 0 heterocycles. The van der Waals surface area contributed by atoms with Gasteiger partial charge in [-0.3, -0.25) is 4.79 Å². The van der Waals surface area contributed by atoms with E-state index < -0.39 is 87.4 Å². The molecule has 1 atom stereocenters. The minimum Gasteiger partial charge on any atom is -0.294 e. The van der Waals surface area contributed by atoms with Crippen molar-refractivity contribution in [1.82, 2.24) is 0 Å². The highest BCUT2D eigenvalue weighted by Crippen LogP contribution is 2.29. The summed E-state index contributed by atoms with van der Waals surface area (Å²) in [4.78, 5) is 12.0. The van der Waals surface area contributed by atoms with Gasteiger partial charge in [-0.05, 0) is 6.42 Å². The first kappa shape index (κ1) is 20.7. The van der Waals surface area contributed by atoms with Crippen LogP contribution in [0.15, 0.2) is 0 Å². The van der Waals surface area contributed by atoms with Crippen LogP contribution in [0.2, 0.25) is 0 Å². The molecule has 1 nitrogen and oxygen atoms in total. The summed E-state index contributed by atoms with van der Waals surface area (Å²) >= 11 is 0. The maximum absolute atomic E-state index is 13.6. The molecule has 146 valence electrons. The van der Waals surface area contributed by atoms with Crippen LogP contribution in [0.3, 0.4) is 0 Å². The van der Waals surface area contributed by atoms with Crippen LogP contribution in [0.5, 0.6) is 0 Å². The molecule has 0 aromatic heterocycles. The van der Waals surface area contributed by atoms with E-state index in [0.717, 1.165) is 6.92 Å². The maximum atomic E-state index is 13.6. The standard InChI is InChI=1S/C16H6F10O/c1-3(2-4-6(17)10(21)14(25)11(22)7(4)18)16(27)5-8(19)12(23)15(26)13(24)9(5)20/h3H,2H2,1H3. The second-order valence-electron chi connectivity index (χ2n) is 5.46. The van der Waals surface area contributed by atoms with E-state index in [4.69, 9.17) is 0 Å². The van der Waals surface area contributed by atoms with E-state index in [1.165, 1.54) is 0 Å². The van der Waals surface area contributed by atoms with Crippen molar-refractivity contribution in [3.8, 4) is 0 Å². The molecule has 0 aliphatic carbocycles. The van der Waals surface area contributed by atoms with Gasteiger partial charge in [0, 0.05) is 11.5 Å². The quantitative estimate of drug-likeness (QED) is 0.299. The third-order valence-corrected chi connectivity index (χ3v) is 3.71. The summed E-state index contributed by atoms with van der Waals surface area (Å²) in [6, 6.07) is 0. The van der Waals surface area contributed by atoms with Crippen LogP contribution in [0.1, 0.15) is 22.8 Å². The van der Waals surface area contributed by atoms with Gasteiger partial charge < -0.3 is 0 Å². The van der Waals surface area contributed by atoms with Crippen molar-refractivity contribution in [3.05, 3.63) is 69.3 Å². The van der Waals surface area contributed by atoms with Crippen LogP contribution >= 0.6 is 0 Å². The molecule has 0 fully saturated rings. The molecule has 0 bridgehead atoms. The van der Waals surface area contributed by atoms with Crippen LogP contribution < -0.4 is 0 Å². The summed E-state index contributed by atoms with van der Waals surface area (Å²) in [5, 5.41) is 0. The topological polar surface area (TPSA) is 17.1 Å². The number of hydrogen-bond acceptors (Lipinski definition) is 1. The van der Waals surface area contributed by atoms with E-state index in [1.54, 1.807) is 0 Å². The molecule has 27 heavy (non-hydrogen) atoms. The Balaban J connectivity index is 2.51. The van der Waals surface area contributed by atoms with Gasteiger partial charge in [-0.1, -0.05) is 6.92 Å². The number of Topliss-reactive ketones (excluding diaryl/α,β-unsaturated/α-hetero) is 1. The second-order valence-corrected chi connectivity index (χ2v) is 5.46. The zero-order valence-corrected chi connectivity index (χ0v) is 13.0. The lowest BCUT2D eigenvalue weighted by atomic mass is 9.91. The molecular formula is C16H6F10O. The van der Waals surface area contributed by atoms with Crippen LogP contribution in [0.4, 0.5) is 43.9 Å². The van der Waals surface area contributed by atoms with Gasteiger partial charge in [-0.25, -0.2) is 43.9 Å². The predicted molar refractivity (Wildman–Crippen MR) is 69.7 cm³/mol. The fourth-order valence-corrected chi connectivity index (χ4v) is 2.30. The lowest BCUT2D eigenvalue weighted by Gasteiger charge is -2.15. The van der Waals surface area contributed by atoms with Crippen molar-refractivity contribution in [2.24, 2.45) is 5.92 Å². The Morgan fingerprint density at radius 3 is 1.26 bits per heavy atom. The van der Waals surface area contributed by atoms with E-state index in [0.29, 0.717) is 0 Å². The average Bonchev–Trinajstić information content (AvgIpc) is 2.64. The molecule has 11 heteroatoms. The van der Waals surface area contributed by atoms with Crippen molar-refractivity contribution in [2.75, 3.05) is 0 Å². The first-order chi connectivity index (χ1) is 12.4. The fourth-order valence-electron chi connectivity index (χ4n) is 2.30. The Labute approximate surface area is 144 Å². The largest absolute Gasteiger partial charge is 0.294 e. The maximum Gasteiger partial charge on any atom is 0.200 e. The minimum absolute atomic E-state index is 0.748. The summed E-state index contributed by atoms with van der Waals surface area (Å²) in [6.07, 6.45) is -1.26. The first-order valence-corrected chi connectivity index (χ1v) is 6.97. The number of halogens is 10. The van der Waals surface area contributed by atoms with E-state index in [-0.39, 0.29) is 0 Å². The van der Waals surface area contributed by atoms with Crippen molar-refractivity contribution in [1.29, 1.82) is 0 Å². The van der Waals surface area contributed by atoms with Gasteiger partial charge in [0.2, 0.25) is 11.6 Å². The Morgan fingerprint density at radius 2 is 0.889 bits per heavy atom. The highest BCUT2D eigenvalue weighted by atomic mass is 19.2. The third-order valence-electron chi connectivity index (χ3n) is 3.71. The lowest BCUT2D eigenvalue weighted by molar-refractivity contribution is 0.0916. The molecule has 0 aliphatic heterocycles. The van der Waals surface area contributed by atoms with Crippen LogP contribution in [-0.2, 0) is 6.42 Å². The second kappa shape index (κ2) is 7.20. The number of benzene rings is 2. The van der Waals surface area contributed by atoms with Gasteiger partial charge >= 0.3 is 0 Å². The molecule has 1 unspecified atom stereocenters. The Bertz CT molecular complexity index is 895. The number of rotatable bonds is 4. The molecule has 0 spiro atoms. The number of carbonyl (C=O) groups is 1. The zero-order valence-electron chi connectivity index (χ0n) is 13.0. The molecule has 2 aromatic carbocycles. The third kappa shape index (κ3) is 3.26. The van der Waals surface area contributed by atoms with Gasteiger partial charge in [-0.15, -0.1) is 0 Å². The van der Waals surface area contributed by atoms with Gasteiger partial charge in [0.1, 0.15) is 0 Å². The highest BCUT2D eigenvalue weighted by molar-refractivity contribution is 5.98. The summed E-state index contributed by atoms with van der Waals surface area (Å²) in [7, 11) is 0. The Kier molecular flexibility index (Phi) is 5.52. The van der Waals surface area contributed by atoms with Crippen molar-refractivity contribution in [2.45, 2.75) is 13.3 Å². The number of ketones is 1. The molecule has 0 saturated carbocycles. The monoisotopic (exact) mass is 404 g/mol. The molecule has 0 aliphatic rings. The zero-order chi connectivity index (χ0) is 20.8. The first-order valence-electron chi connectivity index (χ1n) is 6.97. The van der Waals surface area contributed by atoms with Crippen molar-refractivity contribution in [3.63, 3.8) is 0 Å². The van der Waals surface area contributed by atoms with E-state index in [2.05, 4.69) is 0 Å². The van der Waals surface area contributed by atoms with Gasteiger partial charge in [0.25, 0.3) is 0 Å². The lowest BCUT2D eigenvalue weighted by Crippen LogP contribution is -2.21. The summed E-state index contributed by atoms with van der Waals surface area (Å²) in [6.45, 7) is 0.748. The summed E-state index contributed by atoms with van der Waals surface area (Å²) < 4.78 is 133.